The zero-order valence-corrected chi connectivity index (χ0v) is 17.4. The molecule has 0 amide bonds. The number of aliphatic hydroxyl groups is 1. The van der Waals surface area contributed by atoms with Crippen LogP contribution in [0, 0.1) is 6.92 Å². The standard InChI is InChI=1S/C22H24N4OS/c1-5-17-25-13(2)18-16-10-11-23-20(19(16)28-21(18)26-17)24-12-14-6-8-15(9-7-14)22(3,4)27/h6-11,27H,5,12H2,1-4H3,(H,23,24). The van der Waals surface area contributed by atoms with Crippen LogP contribution in [0.1, 0.15) is 43.4 Å². The van der Waals surface area contributed by atoms with E-state index in [1.54, 1.807) is 25.2 Å². The molecule has 0 aliphatic carbocycles. The maximum Gasteiger partial charge on any atom is 0.144 e. The highest BCUT2D eigenvalue weighted by molar-refractivity contribution is 7.26. The lowest BCUT2D eigenvalue weighted by atomic mass is 9.97. The molecule has 0 fully saturated rings. The summed E-state index contributed by atoms with van der Waals surface area (Å²) in [5.41, 5.74) is 2.23. The van der Waals surface area contributed by atoms with Crippen LogP contribution in [0.25, 0.3) is 20.3 Å². The summed E-state index contributed by atoms with van der Waals surface area (Å²) < 4.78 is 1.11. The Labute approximate surface area is 168 Å². The predicted molar refractivity (Wildman–Crippen MR) is 116 cm³/mol. The van der Waals surface area contributed by atoms with E-state index < -0.39 is 5.60 Å². The molecular formula is C22H24N4OS. The lowest BCUT2D eigenvalue weighted by molar-refractivity contribution is 0.0786. The Hall–Kier alpha value is -2.57. The highest BCUT2D eigenvalue weighted by Gasteiger charge is 2.16. The molecule has 0 spiro atoms. The van der Waals surface area contributed by atoms with Gasteiger partial charge in [0.25, 0.3) is 0 Å². The fourth-order valence-corrected chi connectivity index (χ4v) is 4.54. The van der Waals surface area contributed by atoms with Crippen molar-refractivity contribution in [1.82, 2.24) is 15.0 Å². The first-order chi connectivity index (χ1) is 13.4. The molecule has 3 heterocycles. The second-order valence-electron chi connectivity index (χ2n) is 7.51. The molecule has 0 bridgehead atoms. The van der Waals surface area contributed by atoms with Gasteiger partial charge in [-0.2, -0.15) is 0 Å². The molecule has 6 heteroatoms. The van der Waals surface area contributed by atoms with Gasteiger partial charge >= 0.3 is 0 Å². The Kier molecular flexibility index (Phi) is 4.77. The third kappa shape index (κ3) is 3.45. The summed E-state index contributed by atoms with van der Waals surface area (Å²) in [6.07, 6.45) is 2.66. The van der Waals surface area contributed by atoms with Crippen LogP contribution in [0.4, 0.5) is 5.82 Å². The Morgan fingerprint density at radius 1 is 1.11 bits per heavy atom. The van der Waals surface area contributed by atoms with Crippen LogP contribution < -0.4 is 5.32 Å². The molecule has 2 N–H and O–H groups in total. The van der Waals surface area contributed by atoms with Crippen molar-refractivity contribution in [1.29, 1.82) is 0 Å². The fraction of sp³-hybridized carbons (Fsp3) is 0.318. The van der Waals surface area contributed by atoms with Crippen molar-refractivity contribution in [2.45, 2.75) is 46.3 Å². The SMILES string of the molecule is CCc1nc(C)c2c(n1)sc1c(NCc3ccc(C(C)(C)O)cc3)nccc12. The van der Waals surface area contributed by atoms with Gasteiger partial charge in [-0.1, -0.05) is 31.2 Å². The zero-order chi connectivity index (χ0) is 19.9. The van der Waals surface area contributed by atoms with Crippen molar-refractivity contribution >= 4 is 37.5 Å². The molecule has 0 saturated heterocycles. The highest BCUT2D eigenvalue weighted by Crippen LogP contribution is 2.37. The number of fused-ring (bicyclic) bond motifs is 3. The molecule has 4 aromatic rings. The number of aryl methyl sites for hydroxylation is 2. The van der Waals surface area contributed by atoms with Gasteiger partial charge in [-0.25, -0.2) is 15.0 Å². The molecule has 0 aliphatic rings. The van der Waals surface area contributed by atoms with Crippen LogP contribution in [0.15, 0.2) is 36.5 Å². The van der Waals surface area contributed by atoms with Crippen molar-refractivity contribution in [3.63, 3.8) is 0 Å². The first kappa shape index (κ1) is 18.8. The quantitative estimate of drug-likeness (QED) is 0.503. The second kappa shape index (κ2) is 7.11. The summed E-state index contributed by atoms with van der Waals surface area (Å²) in [5, 5.41) is 15.8. The van der Waals surface area contributed by atoms with E-state index in [1.807, 2.05) is 43.5 Å². The molecule has 144 valence electrons. The third-order valence-electron chi connectivity index (χ3n) is 4.91. The number of hydrogen-bond acceptors (Lipinski definition) is 6. The maximum atomic E-state index is 10.1. The summed E-state index contributed by atoms with van der Waals surface area (Å²) >= 11 is 1.66. The van der Waals surface area contributed by atoms with E-state index in [2.05, 4.69) is 22.2 Å². The molecule has 4 rings (SSSR count). The largest absolute Gasteiger partial charge is 0.386 e. The van der Waals surface area contributed by atoms with Crippen LogP contribution in [0.3, 0.4) is 0 Å². The number of nitrogens with one attached hydrogen (secondary N) is 1. The molecule has 0 aliphatic heterocycles. The normalized spacial score (nSPS) is 12.0. The van der Waals surface area contributed by atoms with Gasteiger partial charge in [0.1, 0.15) is 16.5 Å². The topological polar surface area (TPSA) is 70.9 Å². The molecule has 0 atom stereocenters. The van der Waals surface area contributed by atoms with Gasteiger partial charge in [0, 0.05) is 29.9 Å². The summed E-state index contributed by atoms with van der Waals surface area (Å²) in [6.45, 7) is 8.37. The summed E-state index contributed by atoms with van der Waals surface area (Å²) in [6, 6.07) is 10.0. The minimum Gasteiger partial charge on any atom is -0.386 e. The first-order valence-corrected chi connectivity index (χ1v) is 10.3. The van der Waals surface area contributed by atoms with Gasteiger partial charge in [-0.05, 0) is 38.0 Å². The van der Waals surface area contributed by atoms with E-state index in [0.29, 0.717) is 6.54 Å². The molecular weight excluding hydrogens is 368 g/mol. The average Bonchev–Trinajstić information content (AvgIpc) is 3.05. The highest BCUT2D eigenvalue weighted by atomic mass is 32.1. The summed E-state index contributed by atoms with van der Waals surface area (Å²) in [7, 11) is 0. The smallest absolute Gasteiger partial charge is 0.144 e. The van der Waals surface area contributed by atoms with E-state index in [9.17, 15) is 5.11 Å². The van der Waals surface area contributed by atoms with Gasteiger partial charge in [0.15, 0.2) is 0 Å². The Balaban J connectivity index is 1.66. The second-order valence-corrected chi connectivity index (χ2v) is 8.51. The van der Waals surface area contributed by atoms with Crippen LogP contribution in [-0.4, -0.2) is 20.1 Å². The maximum absolute atomic E-state index is 10.1. The molecule has 0 saturated carbocycles. The number of aromatic nitrogens is 3. The lowest BCUT2D eigenvalue weighted by Crippen LogP contribution is -2.15. The Morgan fingerprint density at radius 3 is 2.54 bits per heavy atom. The number of rotatable bonds is 5. The van der Waals surface area contributed by atoms with Crippen molar-refractivity contribution in [2.24, 2.45) is 0 Å². The number of anilines is 1. The molecule has 3 aromatic heterocycles. The van der Waals surface area contributed by atoms with Crippen molar-refractivity contribution in [3.8, 4) is 0 Å². The Morgan fingerprint density at radius 2 is 1.86 bits per heavy atom. The van der Waals surface area contributed by atoms with Gasteiger partial charge in [0.05, 0.1) is 16.0 Å². The van der Waals surface area contributed by atoms with Gasteiger partial charge in [-0.15, -0.1) is 11.3 Å². The minimum absolute atomic E-state index is 0.664. The predicted octanol–water partition coefficient (Wildman–Crippen LogP) is 4.95. The van der Waals surface area contributed by atoms with E-state index in [0.717, 1.165) is 55.2 Å². The molecule has 5 nitrogen and oxygen atoms in total. The summed E-state index contributed by atoms with van der Waals surface area (Å²) in [5.74, 6) is 1.75. The van der Waals surface area contributed by atoms with Crippen LogP contribution in [0.2, 0.25) is 0 Å². The van der Waals surface area contributed by atoms with Gasteiger partial charge < -0.3 is 10.4 Å². The lowest BCUT2D eigenvalue weighted by Gasteiger charge is -2.18. The number of nitrogens with zero attached hydrogens (tertiary/aromatic N) is 3. The van der Waals surface area contributed by atoms with Crippen LogP contribution in [-0.2, 0) is 18.6 Å². The number of benzene rings is 1. The average molecular weight is 393 g/mol. The molecule has 0 radical (unpaired) electrons. The molecule has 1 aromatic carbocycles. The van der Waals surface area contributed by atoms with Gasteiger partial charge in [-0.3, -0.25) is 0 Å². The first-order valence-electron chi connectivity index (χ1n) is 9.47. The van der Waals surface area contributed by atoms with E-state index in [1.165, 1.54) is 0 Å². The zero-order valence-electron chi connectivity index (χ0n) is 16.6. The van der Waals surface area contributed by atoms with Crippen molar-refractivity contribution in [2.75, 3.05) is 5.32 Å². The molecule has 0 unspecified atom stereocenters. The monoisotopic (exact) mass is 392 g/mol. The minimum atomic E-state index is -0.827. The summed E-state index contributed by atoms with van der Waals surface area (Å²) in [4.78, 5) is 14.9. The number of pyridine rings is 1. The van der Waals surface area contributed by atoms with E-state index >= 15 is 0 Å². The number of thiophene rings is 1. The van der Waals surface area contributed by atoms with Gasteiger partial charge in [0.2, 0.25) is 0 Å². The van der Waals surface area contributed by atoms with Crippen LogP contribution in [0.5, 0.6) is 0 Å². The van der Waals surface area contributed by atoms with E-state index in [4.69, 9.17) is 4.98 Å². The molecule has 28 heavy (non-hydrogen) atoms. The third-order valence-corrected chi connectivity index (χ3v) is 6.02. The Bertz CT molecular complexity index is 1140. The fourth-order valence-electron chi connectivity index (χ4n) is 3.33. The van der Waals surface area contributed by atoms with Crippen molar-refractivity contribution < 1.29 is 5.11 Å². The van der Waals surface area contributed by atoms with Crippen LogP contribution >= 0.6 is 11.3 Å². The van der Waals surface area contributed by atoms with E-state index in [-0.39, 0.29) is 0 Å². The number of hydrogen-bond donors (Lipinski definition) is 2. The van der Waals surface area contributed by atoms with Crippen molar-refractivity contribution in [3.05, 3.63) is 59.2 Å².